The largest absolute Gasteiger partial charge is 0.309 e. The summed E-state index contributed by atoms with van der Waals surface area (Å²) in [6, 6.07) is 8.32. The van der Waals surface area contributed by atoms with Gasteiger partial charge in [0.05, 0.1) is 17.3 Å². The summed E-state index contributed by atoms with van der Waals surface area (Å²) >= 11 is 2.83. The van der Waals surface area contributed by atoms with Gasteiger partial charge in [-0.3, -0.25) is 14.3 Å². The van der Waals surface area contributed by atoms with Gasteiger partial charge >= 0.3 is 0 Å². The lowest BCUT2D eigenvalue weighted by Gasteiger charge is -2.31. The third-order valence-corrected chi connectivity index (χ3v) is 7.60. The number of benzene rings is 1. The van der Waals surface area contributed by atoms with Crippen LogP contribution in [0.3, 0.4) is 0 Å². The first-order valence-electron chi connectivity index (χ1n) is 10.6. The van der Waals surface area contributed by atoms with Crippen LogP contribution >= 0.6 is 23.1 Å². The quantitative estimate of drug-likeness (QED) is 0.417. The fourth-order valence-electron chi connectivity index (χ4n) is 4.07. The highest BCUT2D eigenvalue weighted by Gasteiger charge is 2.25. The van der Waals surface area contributed by atoms with Crippen LogP contribution in [0.1, 0.15) is 43.9 Å². The molecule has 5 rings (SSSR count). The summed E-state index contributed by atoms with van der Waals surface area (Å²) in [7, 11) is 0. The van der Waals surface area contributed by atoms with E-state index in [1.54, 1.807) is 12.1 Å². The molecular weight excluding hydrogens is 447 g/mol. The van der Waals surface area contributed by atoms with E-state index in [9.17, 15) is 9.18 Å². The van der Waals surface area contributed by atoms with Gasteiger partial charge in [0.15, 0.2) is 11.0 Å². The average Bonchev–Trinajstić information content (AvgIpc) is 3.46. The maximum atomic E-state index is 13.6. The molecule has 1 saturated heterocycles. The van der Waals surface area contributed by atoms with Crippen LogP contribution in [0.2, 0.25) is 0 Å². The molecule has 1 N–H and O–H groups in total. The molecule has 0 spiro atoms. The second kappa shape index (κ2) is 9.13. The summed E-state index contributed by atoms with van der Waals surface area (Å²) in [5.74, 6) is 1.58. The minimum atomic E-state index is -0.285. The number of halogens is 1. The molecule has 1 aliphatic heterocycles. The van der Waals surface area contributed by atoms with Crippen LogP contribution in [0.15, 0.2) is 45.7 Å². The monoisotopic (exact) mass is 470 g/mol. The number of likely N-dealkylation sites (tertiary alicyclic amines) is 1. The lowest BCUT2D eigenvalue weighted by Crippen LogP contribution is -2.33. The number of piperidine rings is 1. The number of thioether (sulfide) groups is 1. The van der Waals surface area contributed by atoms with Gasteiger partial charge in [-0.15, -0.1) is 21.5 Å². The van der Waals surface area contributed by atoms with Crippen LogP contribution in [0.5, 0.6) is 0 Å². The Morgan fingerprint density at radius 3 is 2.72 bits per heavy atom. The Hall–Kier alpha value is -2.56. The molecule has 1 aliphatic rings. The average molecular weight is 471 g/mol. The normalized spacial score (nSPS) is 15.9. The molecule has 32 heavy (non-hydrogen) atoms. The Bertz CT molecular complexity index is 1280. The van der Waals surface area contributed by atoms with Gasteiger partial charge in [0.2, 0.25) is 0 Å². The minimum absolute atomic E-state index is 0.0855. The standard InChI is InChI=1S/C22H23FN6OS2/c1-14(28-10-3-2-4-11-28)20-26-27-22(29(20)16-7-5-15(23)6-8-16)32-13-18-24-17-9-12-31-19(17)21(30)25-18/h5-9,12,14H,2-4,10-11,13H2,1H3,(H,24,25,30)/t14-/m0/s1. The molecule has 0 unspecified atom stereocenters. The van der Waals surface area contributed by atoms with E-state index in [-0.39, 0.29) is 17.4 Å². The maximum absolute atomic E-state index is 13.6. The topological polar surface area (TPSA) is 79.7 Å². The predicted octanol–water partition coefficient (Wildman–Crippen LogP) is 4.54. The number of rotatable bonds is 6. The predicted molar refractivity (Wildman–Crippen MR) is 125 cm³/mol. The Morgan fingerprint density at radius 2 is 1.94 bits per heavy atom. The lowest BCUT2D eigenvalue weighted by molar-refractivity contribution is 0.167. The third-order valence-electron chi connectivity index (χ3n) is 5.76. The number of aromatic nitrogens is 5. The summed E-state index contributed by atoms with van der Waals surface area (Å²) in [4.78, 5) is 22.1. The molecule has 0 amide bonds. The van der Waals surface area contributed by atoms with Crippen molar-refractivity contribution < 1.29 is 4.39 Å². The maximum Gasteiger partial charge on any atom is 0.268 e. The number of fused-ring (bicyclic) bond motifs is 1. The minimum Gasteiger partial charge on any atom is -0.309 e. The molecule has 3 aromatic heterocycles. The molecule has 0 aliphatic carbocycles. The van der Waals surface area contributed by atoms with Crippen molar-refractivity contribution in [1.82, 2.24) is 29.6 Å². The van der Waals surface area contributed by atoms with E-state index in [2.05, 4.69) is 32.0 Å². The second-order valence-corrected chi connectivity index (χ2v) is 9.72. The zero-order valence-corrected chi connectivity index (χ0v) is 19.3. The highest BCUT2D eigenvalue weighted by atomic mass is 32.2. The Kier molecular flexibility index (Phi) is 6.07. The zero-order valence-electron chi connectivity index (χ0n) is 17.6. The molecule has 4 aromatic rings. The van der Waals surface area contributed by atoms with Gasteiger partial charge in [-0.2, -0.15) is 0 Å². The summed E-state index contributed by atoms with van der Waals surface area (Å²) in [6.45, 7) is 4.21. The third kappa shape index (κ3) is 4.22. The van der Waals surface area contributed by atoms with Crippen LogP contribution in [0.4, 0.5) is 4.39 Å². The van der Waals surface area contributed by atoms with Gasteiger partial charge < -0.3 is 4.98 Å². The van der Waals surface area contributed by atoms with Gasteiger partial charge in [0, 0.05) is 5.69 Å². The number of aromatic amines is 1. The van der Waals surface area contributed by atoms with Gasteiger partial charge in [0.1, 0.15) is 16.3 Å². The van der Waals surface area contributed by atoms with E-state index in [4.69, 9.17) is 0 Å². The number of hydrogen-bond donors (Lipinski definition) is 1. The van der Waals surface area contributed by atoms with Gasteiger partial charge in [-0.25, -0.2) is 9.37 Å². The molecule has 0 radical (unpaired) electrons. The Morgan fingerprint density at radius 1 is 1.16 bits per heavy atom. The van der Waals surface area contributed by atoms with Gasteiger partial charge in [0.25, 0.3) is 5.56 Å². The summed E-state index contributed by atoms with van der Waals surface area (Å²) in [6.07, 6.45) is 3.62. The van der Waals surface area contributed by atoms with Crippen LogP contribution in [0, 0.1) is 5.82 Å². The van der Waals surface area contributed by atoms with E-state index in [0.29, 0.717) is 27.0 Å². The van der Waals surface area contributed by atoms with E-state index < -0.39 is 0 Å². The molecule has 0 saturated carbocycles. The van der Waals surface area contributed by atoms with Crippen LogP contribution in [-0.4, -0.2) is 42.7 Å². The number of nitrogens with zero attached hydrogens (tertiary/aromatic N) is 5. The smallest absolute Gasteiger partial charge is 0.268 e. The van der Waals surface area contributed by atoms with Crippen molar-refractivity contribution in [3.8, 4) is 5.69 Å². The highest BCUT2D eigenvalue weighted by molar-refractivity contribution is 7.98. The van der Waals surface area contributed by atoms with Crippen molar-refractivity contribution in [3.05, 3.63) is 63.5 Å². The van der Waals surface area contributed by atoms with Crippen molar-refractivity contribution in [1.29, 1.82) is 0 Å². The SMILES string of the molecule is C[C@@H](c1nnc(SCc2nc3ccsc3c(=O)[nH]2)n1-c1ccc(F)cc1)N1CCCCC1. The first-order chi connectivity index (χ1) is 15.6. The van der Waals surface area contributed by atoms with Gasteiger partial charge in [-0.05, 0) is 68.6 Å². The Labute approximate surface area is 192 Å². The van der Waals surface area contributed by atoms with E-state index in [1.807, 2.05) is 16.0 Å². The number of hydrogen-bond acceptors (Lipinski definition) is 7. The van der Waals surface area contributed by atoms with Crippen molar-refractivity contribution >= 4 is 33.3 Å². The Balaban J connectivity index is 1.47. The fourth-order valence-corrected chi connectivity index (χ4v) is 5.62. The number of H-pyrrole nitrogens is 1. The lowest BCUT2D eigenvalue weighted by atomic mass is 10.1. The first-order valence-corrected chi connectivity index (χ1v) is 12.5. The van der Waals surface area contributed by atoms with Gasteiger partial charge in [-0.1, -0.05) is 18.2 Å². The van der Waals surface area contributed by atoms with Crippen LogP contribution < -0.4 is 5.56 Å². The summed E-state index contributed by atoms with van der Waals surface area (Å²) in [5.41, 5.74) is 1.39. The highest BCUT2D eigenvalue weighted by Crippen LogP contribution is 2.30. The molecule has 1 atom stereocenters. The molecule has 7 nitrogen and oxygen atoms in total. The molecular formula is C22H23FN6OS2. The van der Waals surface area contributed by atoms with Crippen molar-refractivity contribution in [2.24, 2.45) is 0 Å². The number of thiophene rings is 1. The molecule has 166 valence electrons. The molecule has 1 aromatic carbocycles. The second-order valence-electron chi connectivity index (χ2n) is 7.86. The zero-order chi connectivity index (χ0) is 22.1. The summed E-state index contributed by atoms with van der Waals surface area (Å²) in [5, 5.41) is 11.5. The molecule has 4 heterocycles. The van der Waals surface area contributed by atoms with E-state index in [1.165, 1.54) is 54.5 Å². The van der Waals surface area contributed by atoms with E-state index in [0.717, 1.165) is 24.6 Å². The van der Waals surface area contributed by atoms with Crippen LogP contribution in [-0.2, 0) is 5.75 Å². The molecule has 1 fully saturated rings. The molecule has 10 heteroatoms. The number of nitrogens with one attached hydrogen (secondary N) is 1. The van der Waals surface area contributed by atoms with Crippen molar-refractivity contribution in [2.45, 2.75) is 43.1 Å². The summed E-state index contributed by atoms with van der Waals surface area (Å²) < 4.78 is 16.2. The van der Waals surface area contributed by atoms with Crippen molar-refractivity contribution in [3.63, 3.8) is 0 Å². The van der Waals surface area contributed by atoms with Crippen LogP contribution in [0.25, 0.3) is 15.9 Å². The first kappa shape index (κ1) is 21.3. The van der Waals surface area contributed by atoms with E-state index >= 15 is 0 Å². The fraction of sp³-hybridized carbons (Fsp3) is 0.364. The van der Waals surface area contributed by atoms with Crippen molar-refractivity contribution in [2.75, 3.05) is 13.1 Å². The molecule has 0 bridgehead atoms.